The molecule has 7 nitrogen and oxygen atoms in total. The first-order valence-corrected chi connectivity index (χ1v) is 7.76. The van der Waals surface area contributed by atoms with Gasteiger partial charge < -0.3 is 9.84 Å². The number of amides is 4. The van der Waals surface area contributed by atoms with Gasteiger partial charge in [-0.1, -0.05) is 24.3 Å². The molecule has 0 saturated carbocycles. The van der Waals surface area contributed by atoms with Gasteiger partial charge in [-0.25, -0.2) is 9.69 Å². The topological polar surface area (TPSA) is 95.9 Å². The molecule has 26 heavy (non-hydrogen) atoms. The fourth-order valence-electron chi connectivity index (χ4n) is 2.65. The quantitative estimate of drug-likeness (QED) is 0.653. The van der Waals surface area contributed by atoms with E-state index in [9.17, 15) is 19.5 Å². The lowest BCUT2D eigenvalue weighted by Gasteiger charge is -2.27. The summed E-state index contributed by atoms with van der Waals surface area (Å²) in [4.78, 5) is 38.1. The van der Waals surface area contributed by atoms with Crippen LogP contribution in [0.2, 0.25) is 0 Å². The van der Waals surface area contributed by atoms with Crippen LogP contribution in [-0.4, -0.2) is 30.1 Å². The number of anilines is 1. The lowest BCUT2D eigenvalue weighted by molar-refractivity contribution is -0.122. The lowest BCUT2D eigenvalue weighted by Crippen LogP contribution is -2.54. The zero-order valence-corrected chi connectivity index (χ0v) is 14.1. The molecule has 1 heterocycles. The van der Waals surface area contributed by atoms with Crippen LogP contribution in [0.5, 0.6) is 11.5 Å². The predicted octanol–water partition coefficient (Wildman–Crippen LogP) is 2.38. The van der Waals surface area contributed by atoms with Crippen molar-refractivity contribution in [2.24, 2.45) is 0 Å². The molecule has 2 N–H and O–H groups in total. The van der Waals surface area contributed by atoms with Crippen LogP contribution >= 0.6 is 0 Å². The van der Waals surface area contributed by atoms with Gasteiger partial charge >= 0.3 is 6.03 Å². The molecule has 0 atom stereocenters. The van der Waals surface area contributed by atoms with Crippen molar-refractivity contribution in [2.45, 2.75) is 6.92 Å². The number of aromatic hydroxyl groups is 1. The number of aryl methyl sites for hydroxylation is 1. The molecular weight excluding hydrogens is 336 g/mol. The Morgan fingerprint density at radius 1 is 1.12 bits per heavy atom. The van der Waals surface area contributed by atoms with Crippen LogP contribution in [0.25, 0.3) is 6.08 Å². The summed E-state index contributed by atoms with van der Waals surface area (Å²) in [5.41, 5.74) is 1.32. The van der Waals surface area contributed by atoms with Gasteiger partial charge in [0.25, 0.3) is 11.8 Å². The van der Waals surface area contributed by atoms with Gasteiger partial charge in [-0.3, -0.25) is 14.9 Å². The first-order chi connectivity index (χ1) is 12.4. The number of nitrogens with zero attached hydrogens (tertiary/aromatic N) is 1. The highest BCUT2D eigenvalue weighted by molar-refractivity contribution is 6.39. The minimum atomic E-state index is -0.802. The monoisotopic (exact) mass is 352 g/mol. The Hall–Kier alpha value is -3.61. The summed E-state index contributed by atoms with van der Waals surface area (Å²) >= 11 is 0. The largest absolute Gasteiger partial charge is 0.504 e. The van der Waals surface area contributed by atoms with Gasteiger partial charge in [0.1, 0.15) is 5.57 Å². The van der Waals surface area contributed by atoms with E-state index in [2.05, 4.69) is 5.32 Å². The second-order valence-corrected chi connectivity index (χ2v) is 5.68. The highest BCUT2D eigenvalue weighted by Gasteiger charge is 2.37. The van der Waals surface area contributed by atoms with E-state index in [4.69, 9.17) is 4.74 Å². The Morgan fingerprint density at radius 2 is 1.85 bits per heavy atom. The van der Waals surface area contributed by atoms with E-state index in [1.807, 2.05) is 0 Å². The maximum Gasteiger partial charge on any atom is 0.335 e. The lowest BCUT2D eigenvalue weighted by atomic mass is 10.1. The van der Waals surface area contributed by atoms with Crippen molar-refractivity contribution in [3.8, 4) is 11.5 Å². The third kappa shape index (κ3) is 3.02. The van der Waals surface area contributed by atoms with Crippen LogP contribution in [0, 0.1) is 6.92 Å². The Labute approximate surface area is 149 Å². The maximum absolute atomic E-state index is 12.8. The number of carbonyl (C=O) groups excluding carboxylic acids is 3. The van der Waals surface area contributed by atoms with E-state index >= 15 is 0 Å². The van der Waals surface area contributed by atoms with Gasteiger partial charge in [0.15, 0.2) is 11.5 Å². The number of phenolic OH excluding ortho intramolecular Hbond substituents is 1. The number of methoxy groups -OCH3 is 1. The van der Waals surface area contributed by atoms with Gasteiger partial charge in [0, 0.05) is 0 Å². The fraction of sp³-hybridized carbons (Fsp3) is 0.105. The average Bonchev–Trinajstić information content (AvgIpc) is 2.60. The van der Waals surface area contributed by atoms with Crippen molar-refractivity contribution < 1.29 is 24.2 Å². The summed E-state index contributed by atoms with van der Waals surface area (Å²) in [5.74, 6) is -1.39. The van der Waals surface area contributed by atoms with Crippen LogP contribution in [0.4, 0.5) is 10.5 Å². The second kappa shape index (κ2) is 6.72. The molecule has 2 aromatic carbocycles. The van der Waals surface area contributed by atoms with Crippen molar-refractivity contribution in [3.63, 3.8) is 0 Å². The van der Waals surface area contributed by atoms with Gasteiger partial charge in [-0.05, 0) is 42.3 Å². The normalized spacial score (nSPS) is 16.0. The van der Waals surface area contributed by atoms with Crippen LogP contribution in [-0.2, 0) is 9.59 Å². The highest BCUT2D eigenvalue weighted by atomic mass is 16.5. The average molecular weight is 352 g/mol. The summed E-state index contributed by atoms with van der Waals surface area (Å²) < 4.78 is 4.96. The number of benzene rings is 2. The highest BCUT2D eigenvalue weighted by Crippen LogP contribution is 2.29. The van der Waals surface area contributed by atoms with E-state index in [0.717, 1.165) is 4.90 Å². The van der Waals surface area contributed by atoms with Gasteiger partial charge in [0.05, 0.1) is 12.8 Å². The first kappa shape index (κ1) is 17.2. The molecule has 132 valence electrons. The standard InChI is InChI=1S/C19H16N2O5/c1-11-5-3-4-6-14(11)21-18(24)13(17(23)20-19(21)25)9-12-7-8-16(26-2)15(22)10-12/h3-10,22H,1-2H3,(H,20,23,25). The predicted molar refractivity (Wildman–Crippen MR) is 94.8 cm³/mol. The number of ether oxygens (including phenoxy) is 1. The maximum atomic E-state index is 12.8. The third-order valence-electron chi connectivity index (χ3n) is 3.97. The number of hydrogen-bond donors (Lipinski definition) is 2. The number of hydrogen-bond acceptors (Lipinski definition) is 5. The van der Waals surface area contributed by atoms with E-state index in [-0.39, 0.29) is 17.1 Å². The SMILES string of the molecule is COc1ccc(C=C2C(=O)NC(=O)N(c3ccccc3C)C2=O)cc1O. The summed E-state index contributed by atoms with van der Waals surface area (Å²) in [7, 11) is 1.41. The van der Waals surface area contributed by atoms with E-state index < -0.39 is 17.8 Å². The number of phenols is 1. The Balaban J connectivity index is 2.03. The molecule has 1 aliphatic rings. The van der Waals surface area contributed by atoms with Gasteiger partial charge in [-0.15, -0.1) is 0 Å². The van der Waals surface area contributed by atoms with Crippen molar-refractivity contribution in [1.29, 1.82) is 0 Å². The molecule has 0 spiro atoms. The molecule has 0 bridgehead atoms. The molecule has 7 heteroatoms. The number of imide groups is 2. The van der Waals surface area contributed by atoms with Crippen molar-refractivity contribution in [2.75, 3.05) is 12.0 Å². The Kier molecular flexibility index (Phi) is 4.45. The first-order valence-electron chi connectivity index (χ1n) is 7.76. The molecule has 1 saturated heterocycles. The molecular formula is C19H16N2O5. The zero-order chi connectivity index (χ0) is 18.8. The van der Waals surface area contributed by atoms with E-state index in [1.54, 1.807) is 37.3 Å². The number of urea groups is 1. The van der Waals surface area contributed by atoms with Crippen molar-refractivity contribution in [3.05, 3.63) is 59.2 Å². The van der Waals surface area contributed by atoms with Crippen LogP contribution in [0.1, 0.15) is 11.1 Å². The summed E-state index contributed by atoms with van der Waals surface area (Å²) in [6.45, 7) is 1.76. The molecule has 0 unspecified atom stereocenters. The Morgan fingerprint density at radius 3 is 2.50 bits per heavy atom. The number of rotatable bonds is 3. The minimum Gasteiger partial charge on any atom is -0.504 e. The van der Waals surface area contributed by atoms with E-state index in [1.165, 1.54) is 25.3 Å². The van der Waals surface area contributed by atoms with Crippen LogP contribution in [0.3, 0.4) is 0 Å². The molecule has 3 rings (SSSR count). The number of nitrogens with one attached hydrogen (secondary N) is 1. The van der Waals surface area contributed by atoms with Gasteiger partial charge in [-0.2, -0.15) is 0 Å². The summed E-state index contributed by atoms with van der Waals surface area (Å²) in [6, 6.07) is 10.5. The van der Waals surface area contributed by atoms with Crippen LogP contribution in [0.15, 0.2) is 48.0 Å². The summed E-state index contributed by atoms with van der Waals surface area (Å²) in [6.07, 6.45) is 1.31. The summed E-state index contributed by atoms with van der Waals surface area (Å²) in [5, 5.41) is 12.0. The minimum absolute atomic E-state index is 0.127. The molecule has 1 aliphatic heterocycles. The molecule has 1 fully saturated rings. The van der Waals surface area contributed by atoms with Crippen LogP contribution < -0.4 is 15.0 Å². The fourth-order valence-corrected chi connectivity index (χ4v) is 2.65. The second-order valence-electron chi connectivity index (χ2n) is 5.68. The molecule has 0 aliphatic carbocycles. The third-order valence-corrected chi connectivity index (χ3v) is 3.97. The number of carbonyl (C=O) groups is 3. The van der Waals surface area contributed by atoms with Crippen molar-refractivity contribution in [1.82, 2.24) is 5.32 Å². The zero-order valence-electron chi connectivity index (χ0n) is 14.1. The molecule has 0 radical (unpaired) electrons. The van der Waals surface area contributed by atoms with Crippen molar-refractivity contribution >= 4 is 29.6 Å². The smallest absolute Gasteiger partial charge is 0.335 e. The number of barbiturate groups is 1. The number of para-hydroxylation sites is 1. The molecule has 0 aromatic heterocycles. The van der Waals surface area contributed by atoms with Gasteiger partial charge in [0.2, 0.25) is 0 Å². The molecule has 2 aromatic rings. The van der Waals surface area contributed by atoms with E-state index in [0.29, 0.717) is 16.8 Å². The Bertz CT molecular complexity index is 949. The molecule has 4 amide bonds.